The van der Waals surface area contributed by atoms with Crippen LogP contribution in [0.3, 0.4) is 0 Å². The first-order chi connectivity index (χ1) is 12.1. The summed E-state index contributed by atoms with van der Waals surface area (Å²) in [6.45, 7) is 9.04. The van der Waals surface area contributed by atoms with Crippen LogP contribution in [-0.2, 0) is 17.3 Å². The summed E-state index contributed by atoms with van der Waals surface area (Å²) in [6, 6.07) is 6.29. The predicted molar refractivity (Wildman–Crippen MR) is 98.8 cm³/mol. The SMILES string of the molecule is CC1(C)CCC(C)(C)c2cc(CC(=O)c3ncc(C(=O)O)cn3)ccc21. The molecule has 1 heterocycles. The summed E-state index contributed by atoms with van der Waals surface area (Å²) < 4.78 is 0. The lowest BCUT2D eigenvalue weighted by Crippen LogP contribution is -2.34. The summed E-state index contributed by atoms with van der Waals surface area (Å²) in [5.41, 5.74) is 3.80. The van der Waals surface area contributed by atoms with Crippen LogP contribution in [0.15, 0.2) is 30.6 Å². The maximum absolute atomic E-state index is 12.5. The molecule has 0 aliphatic heterocycles. The van der Waals surface area contributed by atoms with E-state index in [4.69, 9.17) is 5.11 Å². The summed E-state index contributed by atoms with van der Waals surface area (Å²) in [5.74, 6) is -1.27. The van der Waals surface area contributed by atoms with E-state index in [9.17, 15) is 9.59 Å². The van der Waals surface area contributed by atoms with Crippen molar-refractivity contribution >= 4 is 11.8 Å². The molecular formula is C21H24N2O3. The molecule has 0 fully saturated rings. The summed E-state index contributed by atoms with van der Waals surface area (Å²) in [4.78, 5) is 31.1. The van der Waals surface area contributed by atoms with Gasteiger partial charge in [-0.25, -0.2) is 14.8 Å². The van der Waals surface area contributed by atoms with Gasteiger partial charge in [0.1, 0.15) is 0 Å². The predicted octanol–water partition coefficient (Wildman–Crippen LogP) is 3.95. The first-order valence-corrected chi connectivity index (χ1v) is 8.83. The van der Waals surface area contributed by atoms with Crippen LogP contribution in [0.4, 0.5) is 0 Å². The number of benzene rings is 1. The van der Waals surface area contributed by atoms with Crippen molar-refractivity contribution in [2.75, 3.05) is 0 Å². The molecule has 0 saturated heterocycles. The van der Waals surface area contributed by atoms with Crippen molar-refractivity contribution in [1.29, 1.82) is 0 Å². The van der Waals surface area contributed by atoms with Crippen LogP contribution in [0.25, 0.3) is 0 Å². The van der Waals surface area contributed by atoms with E-state index in [1.807, 2.05) is 6.07 Å². The Bertz CT molecular complexity index is 867. The van der Waals surface area contributed by atoms with Gasteiger partial charge in [-0.3, -0.25) is 4.79 Å². The van der Waals surface area contributed by atoms with Crippen LogP contribution < -0.4 is 0 Å². The molecule has 136 valence electrons. The second-order valence-electron chi connectivity index (χ2n) is 8.35. The highest BCUT2D eigenvalue weighted by atomic mass is 16.4. The van der Waals surface area contributed by atoms with E-state index in [1.165, 1.54) is 23.5 Å². The minimum atomic E-state index is -1.11. The Kier molecular flexibility index (Phi) is 4.42. The lowest BCUT2D eigenvalue weighted by molar-refractivity contribution is 0.0695. The Hall–Kier alpha value is -2.56. The molecule has 0 spiro atoms. The summed E-state index contributed by atoms with van der Waals surface area (Å²) in [6.07, 6.45) is 4.80. The zero-order valence-corrected chi connectivity index (χ0v) is 15.7. The van der Waals surface area contributed by atoms with E-state index in [1.54, 1.807) is 0 Å². The van der Waals surface area contributed by atoms with Crippen molar-refractivity contribution in [1.82, 2.24) is 9.97 Å². The number of hydrogen-bond donors (Lipinski definition) is 1. The third kappa shape index (κ3) is 3.39. The standard InChI is InChI=1S/C21H24N2O3/c1-20(2)7-8-21(3,4)16-9-13(5-6-15(16)20)10-17(24)18-22-11-14(12-23-18)19(25)26/h5-6,9,11-12H,7-8,10H2,1-4H3,(H,25,26). The third-order valence-corrected chi connectivity index (χ3v) is 5.43. The van der Waals surface area contributed by atoms with E-state index in [0.29, 0.717) is 0 Å². The summed E-state index contributed by atoms with van der Waals surface area (Å²) >= 11 is 0. The number of hydrogen-bond acceptors (Lipinski definition) is 4. The fourth-order valence-corrected chi connectivity index (χ4v) is 3.59. The molecule has 1 aliphatic carbocycles. The minimum absolute atomic E-state index is 0.0284. The molecule has 0 unspecified atom stereocenters. The molecule has 26 heavy (non-hydrogen) atoms. The van der Waals surface area contributed by atoms with Gasteiger partial charge >= 0.3 is 5.97 Å². The van der Waals surface area contributed by atoms with Crippen LogP contribution in [-0.4, -0.2) is 26.8 Å². The van der Waals surface area contributed by atoms with Crippen LogP contribution >= 0.6 is 0 Å². The van der Waals surface area contributed by atoms with Crippen molar-refractivity contribution in [3.63, 3.8) is 0 Å². The molecule has 0 radical (unpaired) electrons. The topological polar surface area (TPSA) is 80.2 Å². The fraction of sp³-hybridized carbons (Fsp3) is 0.429. The van der Waals surface area contributed by atoms with Crippen LogP contribution in [0.2, 0.25) is 0 Å². The zero-order valence-electron chi connectivity index (χ0n) is 15.7. The number of aromatic carboxylic acids is 1. The number of rotatable bonds is 4. The third-order valence-electron chi connectivity index (χ3n) is 5.43. The van der Waals surface area contributed by atoms with Gasteiger partial charge in [-0.05, 0) is 40.4 Å². The molecule has 5 nitrogen and oxygen atoms in total. The Balaban J connectivity index is 1.87. The normalized spacial score (nSPS) is 17.4. The number of aromatic nitrogens is 2. The van der Waals surface area contributed by atoms with Crippen LogP contribution in [0.1, 0.15) is 78.2 Å². The molecule has 2 aromatic rings. The molecule has 1 aromatic carbocycles. The average molecular weight is 352 g/mol. The zero-order chi connectivity index (χ0) is 19.1. The first-order valence-electron chi connectivity index (χ1n) is 8.83. The Morgan fingerprint density at radius 3 is 2.15 bits per heavy atom. The Labute approximate surface area is 153 Å². The number of fused-ring (bicyclic) bond motifs is 1. The average Bonchev–Trinajstić information content (AvgIpc) is 2.59. The van der Waals surface area contributed by atoms with Crippen molar-refractivity contribution in [3.05, 3.63) is 58.7 Å². The number of carboxylic acids is 1. The molecule has 0 saturated carbocycles. The highest BCUT2D eigenvalue weighted by molar-refractivity contribution is 5.94. The molecule has 1 aromatic heterocycles. The molecule has 1 aliphatic rings. The van der Waals surface area contributed by atoms with E-state index in [2.05, 4.69) is 49.8 Å². The Morgan fingerprint density at radius 2 is 1.58 bits per heavy atom. The fourth-order valence-electron chi connectivity index (χ4n) is 3.59. The van der Waals surface area contributed by atoms with Gasteiger partial charge in [-0.15, -0.1) is 0 Å². The molecule has 0 atom stereocenters. The van der Waals surface area contributed by atoms with Gasteiger partial charge in [0.15, 0.2) is 5.82 Å². The lowest BCUT2D eigenvalue weighted by atomic mass is 9.63. The van der Waals surface area contributed by atoms with Crippen molar-refractivity contribution in [2.24, 2.45) is 0 Å². The number of Topliss-reactive ketones (excluding diaryl/α,β-unsaturated/α-hetero) is 1. The van der Waals surface area contributed by atoms with Crippen molar-refractivity contribution < 1.29 is 14.7 Å². The maximum Gasteiger partial charge on any atom is 0.338 e. The number of ketones is 1. The van der Waals surface area contributed by atoms with E-state index in [-0.39, 0.29) is 34.4 Å². The monoisotopic (exact) mass is 352 g/mol. The second kappa shape index (κ2) is 6.31. The number of carboxylic acid groups (broad SMARTS) is 1. The molecule has 1 N–H and O–H groups in total. The molecule has 0 amide bonds. The van der Waals surface area contributed by atoms with Gasteiger partial charge in [0.25, 0.3) is 0 Å². The quantitative estimate of drug-likeness (QED) is 0.843. The summed E-state index contributed by atoms with van der Waals surface area (Å²) in [5, 5.41) is 8.89. The number of carbonyl (C=O) groups excluding carboxylic acids is 1. The minimum Gasteiger partial charge on any atom is -0.478 e. The molecular weight excluding hydrogens is 328 g/mol. The van der Waals surface area contributed by atoms with E-state index < -0.39 is 5.97 Å². The largest absolute Gasteiger partial charge is 0.478 e. The van der Waals surface area contributed by atoms with Crippen LogP contribution in [0, 0.1) is 0 Å². The van der Waals surface area contributed by atoms with Gasteiger partial charge in [0.05, 0.1) is 5.56 Å². The van der Waals surface area contributed by atoms with Crippen molar-refractivity contribution in [2.45, 2.75) is 57.8 Å². The Morgan fingerprint density at radius 1 is 1.00 bits per heavy atom. The molecule has 5 heteroatoms. The van der Waals surface area contributed by atoms with Gasteiger partial charge in [-0.2, -0.15) is 0 Å². The van der Waals surface area contributed by atoms with Gasteiger partial charge in [-0.1, -0.05) is 45.9 Å². The van der Waals surface area contributed by atoms with Gasteiger partial charge in [0.2, 0.25) is 5.78 Å². The number of nitrogens with zero attached hydrogens (tertiary/aromatic N) is 2. The van der Waals surface area contributed by atoms with E-state index in [0.717, 1.165) is 18.4 Å². The van der Waals surface area contributed by atoms with Gasteiger partial charge < -0.3 is 5.11 Å². The smallest absolute Gasteiger partial charge is 0.338 e. The van der Waals surface area contributed by atoms with E-state index >= 15 is 0 Å². The van der Waals surface area contributed by atoms with Crippen molar-refractivity contribution in [3.8, 4) is 0 Å². The second-order valence-corrected chi connectivity index (χ2v) is 8.35. The lowest BCUT2D eigenvalue weighted by Gasteiger charge is -2.42. The van der Waals surface area contributed by atoms with Gasteiger partial charge in [0, 0.05) is 18.8 Å². The molecule has 3 rings (SSSR count). The summed E-state index contributed by atoms with van der Waals surface area (Å²) in [7, 11) is 0. The van der Waals surface area contributed by atoms with Crippen LogP contribution in [0.5, 0.6) is 0 Å². The molecule has 0 bridgehead atoms. The first kappa shape index (κ1) is 18.2. The highest BCUT2D eigenvalue weighted by Gasteiger charge is 2.37. The number of carbonyl (C=O) groups is 2. The highest BCUT2D eigenvalue weighted by Crippen LogP contribution is 2.45. The maximum atomic E-state index is 12.5.